The van der Waals surface area contributed by atoms with Crippen molar-refractivity contribution in [2.45, 2.75) is 26.8 Å². The van der Waals surface area contributed by atoms with Gasteiger partial charge in [-0.05, 0) is 50.7 Å². The molecule has 29 heavy (non-hydrogen) atoms. The van der Waals surface area contributed by atoms with E-state index >= 15 is 0 Å². The molecule has 2 N–H and O–H groups in total. The van der Waals surface area contributed by atoms with Crippen molar-refractivity contribution in [3.63, 3.8) is 0 Å². The standard InChI is InChI=1S/C22H23ClN2O3S/c1-4-27-17-12-15(11-16(23)21(17)28-5-2)19-18(13(3)24-22(29)25-19)20(26)14-9-7-6-8-10-14/h6-12,19H,4-5H2,1-3H3,(H2,24,25,29). The molecule has 2 aromatic carbocycles. The lowest BCUT2D eigenvalue weighted by Gasteiger charge is -2.31. The molecule has 0 amide bonds. The average Bonchev–Trinajstić information content (AvgIpc) is 2.70. The number of ether oxygens (including phenoxy) is 2. The molecule has 3 rings (SSSR count). The molecule has 0 saturated carbocycles. The molecule has 152 valence electrons. The Labute approximate surface area is 181 Å². The van der Waals surface area contributed by atoms with E-state index in [1.807, 2.05) is 45.0 Å². The molecule has 0 radical (unpaired) electrons. The molecule has 1 aliphatic rings. The molecule has 1 aliphatic heterocycles. The molecule has 5 nitrogen and oxygen atoms in total. The van der Waals surface area contributed by atoms with Crippen molar-refractivity contribution in [1.29, 1.82) is 0 Å². The number of hydrogen-bond acceptors (Lipinski definition) is 4. The molecule has 0 aromatic heterocycles. The lowest BCUT2D eigenvalue weighted by molar-refractivity contribution is 0.102. The van der Waals surface area contributed by atoms with E-state index in [1.165, 1.54) is 0 Å². The number of halogens is 1. The fraction of sp³-hybridized carbons (Fsp3) is 0.273. The summed E-state index contributed by atoms with van der Waals surface area (Å²) in [5.41, 5.74) is 2.65. The number of hydrogen-bond donors (Lipinski definition) is 2. The molecular weight excluding hydrogens is 408 g/mol. The van der Waals surface area contributed by atoms with E-state index in [2.05, 4.69) is 10.6 Å². The number of carbonyl (C=O) groups is 1. The van der Waals surface area contributed by atoms with Crippen LogP contribution in [0, 0.1) is 0 Å². The zero-order valence-electron chi connectivity index (χ0n) is 16.5. The van der Waals surface area contributed by atoms with Crippen molar-refractivity contribution in [3.05, 3.63) is 69.9 Å². The monoisotopic (exact) mass is 430 g/mol. The highest BCUT2D eigenvalue weighted by Gasteiger charge is 2.31. The van der Waals surface area contributed by atoms with E-state index in [1.54, 1.807) is 18.2 Å². The van der Waals surface area contributed by atoms with Gasteiger partial charge in [0.05, 0.1) is 24.3 Å². The van der Waals surface area contributed by atoms with Gasteiger partial charge in [0, 0.05) is 16.8 Å². The minimum atomic E-state index is -0.469. The maximum Gasteiger partial charge on any atom is 0.193 e. The SMILES string of the molecule is CCOc1cc(C2NC(=S)NC(C)=C2C(=O)c2ccccc2)cc(Cl)c1OCC. The number of carbonyl (C=O) groups excluding carboxylic acids is 1. The summed E-state index contributed by atoms with van der Waals surface area (Å²) in [7, 11) is 0. The van der Waals surface area contributed by atoms with Crippen LogP contribution in [0.25, 0.3) is 0 Å². The first kappa shape index (κ1) is 21.1. The molecule has 1 atom stereocenters. The van der Waals surface area contributed by atoms with Crippen molar-refractivity contribution in [3.8, 4) is 11.5 Å². The van der Waals surface area contributed by atoms with Crippen LogP contribution in [0.1, 0.15) is 42.7 Å². The van der Waals surface area contributed by atoms with Crippen molar-refractivity contribution < 1.29 is 14.3 Å². The van der Waals surface area contributed by atoms with Gasteiger partial charge in [0.15, 0.2) is 22.4 Å². The van der Waals surface area contributed by atoms with Crippen LogP contribution in [-0.4, -0.2) is 24.1 Å². The largest absolute Gasteiger partial charge is 0.490 e. The Hall–Kier alpha value is -2.57. The molecule has 0 fully saturated rings. The summed E-state index contributed by atoms with van der Waals surface area (Å²) in [6, 6.07) is 12.3. The first-order valence-electron chi connectivity index (χ1n) is 9.43. The maximum absolute atomic E-state index is 13.3. The average molecular weight is 431 g/mol. The first-order valence-corrected chi connectivity index (χ1v) is 10.2. The Kier molecular flexibility index (Phi) is 6.77. The Morgan fingerprint density at radius 3 is 2.48 bits per heavy atom. The maximum atomic E-state index is 13.3. The molecule has 1 heterocycles. The normalized spacial score (nSPS) is 16.1. The van der Waals surface area contributed by atoms with E-state index in [9.17, 15) is 4.79 Å². The van der Waals surface area contributed by atoms with Crippen LogP contribution >= 0.6 is 23.8 Å². The van der Waals surface area contributed by atoms with Crippen LogP contribution < -0.4 is 20.1 Å². The van der Waals surface area contributed by atoms with Crippen molar-refractivity contribution >= 4 is 34.7 Å². The molecule has 7 heteroatoms. The lowest BCUT2D eigenvalue weighted by Crippen LogP contribution is -2.44. The topological polar surface area (TPSA) is 59.6 Å². The van der Waals surface area contributed by atoms with Crippen molar-refractivity contribution in [2.24, 2.45) is 0 Å². The van der Waals surface area contributed by atoms with Gasteiger partial charge in [-0.1, -0.05) is 41.9 Å². The van der Waals surface area contributed by atoms with Crippen molar-refractivity contribution in [1.82, 2.24) is 10.6 Å². The highest BCUT2D eigenvalue weighted by Crippen LogP contribution is 2.40. The second-order valence-corrected chi connectivity index (χ2v) is 7.28. The molecule has 1 unspecified atom stereocenters. The van der Waals surface area contributed by atoms with Crippen LogP contribution in [0.3, 0.4) is 0 Å². The van der Waals surface area contributed by atoms with Gasteiger partial charge >= 0.3 is 0 Å². The van der Waals surface area contributed by atoms with Gasteiger partial charge in [0.1, 0.15) is 0 Å². The molecule has 0 aliphatic carbocycles. The third-order valence-corrected chi connectivity index (χ3v) is 5.00. The number of benzene rings is 2. The minimum Gasteiger partial charge on any atom is -0.490 e. The van der Waals surface area contributed by atoms with Crippen LogP contribution in [0.2, 0.25) is 5.02 Å². The Bertz CT molecular complexity index is 960. The second-order valence-electron chi connectivity index (χ2n) is 6.46. The molecule has 2 aromatic rings. The predicted octanol–water partition coefficient (Wildman–Crippen LogP) is 4.81. The van der Waals surface area contributed by atoms with Gasteiger partial charge in [-0.25, -0.2) is 0 Å². The second kappa shape index (κ2) is 9.29. The summed E-state index contributed by atoms with van der Waals surface area (Å²) >= 11 is 11.8. The smallest absolute Gasteiger partial charge is 0.193 e. The summed E-state index contributed by atoms with van der Waals surface area (Å²) in [6.45, 7) is 6.54. The quantitative estimate of drug-likeness (QED) is 0.485. The van der Waals surface area contributed by atoms with Crippen LogP contribution in [-0.2, 0) is 0 Å². The number of thiocarbonyl (C=S) groups is 1. The summed E-state index contributed by atoms with van der Waals surface area (Å²) in [6.07, 6.45) is 0. The van der Waals surface area contributed by atoms with Gasteiger partial charge in [-0.2, -0.15) is 0 Å². The van der Waals surface area contributed by atoms with E-state index < -0.39 is 6.04 Å². The molecular formula is C22H23ClN2O3S. The Morgan fingerprint density at radius 1 is 1.14 bits per heavy atom. The fourth-order valence-electron chi connectivity index (χ4n) is 3.29. The van der Waals surface area contributed by atoms with Crippen LogP contribution in [0.5, 0.6) is 11.5 Å². The predicted molar refractivity (Wildman–Crippen MR) is 119 cm³/mol. The highest BCUT2D eigenvalue weighted by atomic mass is 35.5. The summed E-state index contributed by atoms with van der Waals surface area (Å²) in [5.74, 6) is 0.943. The third kappa shape index (κ3) is 4.54. The molecule has 0 bridgehead atoms. The molecule has 0 saturated heterocycles. The number of rotatable bonds is 7. The number of ketones is 1. The van der Waals surface area contributed by atoms with E-state index in [0.29, 0.717) is 51.7 Å². The molecule has 0 spiro atoms. The zero-order valence-corrected chi connectivity index (χ0v) is 18.1. The Balaban J connectivity index is 2.10. The zero-order chi connectivity index (χ0) is 21.0. The summed E-state index contributed by atoms with van der Waals surface area (Å²) < 4.78 is 11.4. The number of allylic oxidation sites excluding steroid dienone is 1. The fourth-order valence-corrected chi connectivity index (χ4v) is 3.84. The van der Waals surface area contributed by atoms with Gasteiger partial charge in [-0.15, -0.1) is 0 Å². The van der Waals surface area contributed by atoms with Gasteiger partial charge < -0.3 is 20.1 Å². The Morgan fingerprint density at radius 2 is 1.83 bits per heavy atom. The highest BCUT2D eigenvalue weighted by molar-refractivity contribution is 7.80. The van der Waals surface area contributed by atoms with Crippen molar-refractivity contribution in [2.75, 3.05) is 13.2 Å². The number of nitrogens with one attached hydrogen (secondary N) is 2. The number of Topliss-reactive ketones (excluding diaryl/α,β-unsaturated/α-hetero) is 1. The summed E-state index contributed by atoms with van der Waals surface area (Å²) in [5, 5.41) is 7.12. The van der Waals surface area contributed by atoms with Gasteiger partial charge in [0.2, 0.25) is 0 Å². The minimum absolute atomic E-state index is 0.0847. The van der Waals surface area contributed by atoms with E-state index in [4.69, 9.17) is 33.3 Å². The van der Waals surface area contributed by atoms with E-state index in [-0.39, 0.29) is 5.78 Å². The summed E-state index contributed by atoms with van der Waals surface area (Å²) in [4.78, 5) is 13.3. The van der Waals surface area contributed by atoms with Gasteiger partial charge in [-0.3, -0.25) is 4.79 Å². The van der Waals surface area contributed by atoms with Crippen LogP contribution in [0.15, 0.2) is 53.7 Å². The third-order valence-electron chi connectivity index (χ3n) is 4.50. The van der Waals surface area contributed by atoms with E-state index in [0.717, 1.165) is 5.56 Å². The van der Waals surface area contributed by atoms with Gasteiger partial charge in [0.25, 0.3) is 0 Å². The lowest BCUT2D eigenvalue weighted by atomic mass is 9.89. The van der Waals surface area contributed by atoms with Crippen LogP contribution in [0.4, 0.5) is 0 Å². The first-order chi connectivity index (χ1) is 14.0.